The summed E-state index contributed by atoms with van der Waals surface area (Å²) in [6.07, 6.45) is 0. The fraction of sp³-hybridized carbons (Fsp3) is 0.556. The molecule has 0 radical (unpaired) electrons. The molecule has 1 rings (SSSR count). The molecule has 0 spiro atoms. The largest absolute Gasteiger partial charge is 0.375 e. The summed E-state index contributed by atoms with van der Waals surface area (Å²) in [5.41, 5.74) is 2.94. The van der Waals surface area contributed by atoms with Gasteiger partial charge in [0.25, 0.3) is 0 Å². The predicted molar refractivity (Wildman–Crippen MR) is 51.8 cm³/mol. The Balaban J connectivity index is 2.49. The molecule has 14 heavy (non-hydrogen) atoms. The highest BCUT2D eigenvalue weighted by molar-refractivity contribution is 5.77. The highest BCUT2D eigenvalue weighted by atomic mass is 16.5. The number of carbonyl (C=O) groups excluding carboxylic acids is 1. The molecule has 1 heterocycles. The van der Waals surface area contributed by atoms with Gasteiger partial charge in [0.05, 0.1) is 5.69 Å². The third-order valence-electron chi connectivity index (χ3n) is 2.02. The number of nitrogens with zero attached hydrogens (tertiary/aromatic N) is 1. The normalized spacial score (nSPS) is 10.2. The second-order valence-corrected chi connectivity index (χ2v) is 3.12. The number of aromatic nitrogens is 2. The van der Waals surface area contributed by atoms with E-state index < -0.39 is 0 Å². The van der Waals surface area contributed by atoms with Crippen LogP contribution in [0.15, 0.2) is 0 Å². The standard InChI is InChI=1S/C9H15N3O2/c1-6-8(7(2)12-11-6)4-10-9(13)5-14-3/h4-5H2,1-3H3,(H,10,13)(H,11,12). The van der Waals surface area contributed by atoms with Gasteiger partial charge in [-0.25, -0.2) is 0 Å². The Bertz CT molecular complexity index is 300. The Hall–Kier alpha value is -1.36. The predicted octanol–water partition coefficient (Wildman–Crippen LogP) is 0.289. The maximum Gasteiger partial charge on any atom is 0.246 e. The molecule has 2 N–H and O–H groups in total. The Morgan fingerprint density at radius 1 is 1.57 bits per heavy atom. The Morgan fingerprint density at radius 2 is 2.29 bits per heavy atom. The molecule has 0 atom stereocenters. The lowest BCUT2D eigenvalue weighted by Crippen LogP contribution is -2.26. The number of hydrogen-bond acceptors (Lipinski definition) is 3. The summed E-state index contributed by atoms with van der Waals surface area (Å²) < 4.78 is 4.70. The third kappa shape index (κ3) is 2.56. The van der Waals surface area contributed by atoms with Gasteiger partial charge in [-0.15, -0.1) is 0 Å². The van der Waals surface area contributed by atoms with E-state index in [1.165, 1.54) is 7.11 Å². The molecule has 0 aromatic carbocycles. The SMILES string of the molecule is COCC(=O)NCc1c(C)n[nH]c1C. The summed E-state index contributed by atoms with van der Waals surface area (Å²) in [6, 6.07) is 0. The maximum atomic E-state index is 11.1. The van der Waals surface area contributed by atoms with Crippen molar-refractivity contribution in [1.29, 1.82) is 0 Å². The van der Waals surface area contributed by atoms with Crippen LogP contribution in [0.4, 0.5) is 0 Å². The van der Waals surface area contributed by atoms with E-state index >= 15 is 0 Å². The molecule has 78 valence electrons. The van der Waals surface area contributed by atoms with Crippen LogP contribution in [-0.4, -0.2) is 29.8 Å². The Labute approximate surface area is 82.8 Å². The zero-order valence-corrected chi connectivity index (χ0v) is 8.68. The molecule has 5 heteroatoms. The van der Waals surface area contributed by atoms with Gasteiger partial charge >= 0.3 is 0 Å². The Morgan fingerprint density at radius 3 is 2.79 bits per heavy atom. The van der Waals surface area contributed by atoms with Crippen LogP contribution in [0.25, 0.3) is 0 Å². The topological polar surface area (TPSA) is 67.0 Å². The average Bonchev–Trinajstić information content (AvgIpc) is 2.44. The molecule has 0 fully saturated rings. The number of methoxy groups -OCH3 is 1. The fourth-order valence-electron chi connectivity index (χ4n) is 1.20. The van der Waals surface area contributed by atoms with Crippen LogP contribution in [0.3, 0.4) is 0 Å². The van der Waals surface area contributed by atoms with Crippen molar-refractivity contribution in [1.82, 2.24) is 15.5 Å². The van der Waals surface area contributed by atoms with Gasteiger partial charge in [-0.05, 0) is 13.8 Å². The highest BCUT2D eigenvalue weighted by Gasteiger charge is 2.07. The van der Waals surface area contributed by atoms with Crippen molar-refractivity contribution in [3.8, 4) is 0 Å². The summed E-state index contributed by atoms with van der Waals surface area (Å²) in [6.45, 7) is 4.42. The first-order valence-electron chi connectivity index (χ1n) is 4.41. The second kappa shape index (κ2) is 4.76. The summed E-state index contributed by atoms with van der Waals surface area (Å²) in [7, 11) is 1.49. The average molecular weight is 197 g/mol. The summed E-state index contributed by atoms with van der Waals surface area (Å²) >= 11 is 0. The molecule has 0 saturated heterocycles. The van der Waals surface area contributed by atoms with Gasteiger partial charge < -0.3 is 10.1 Å². The monoisotopic (exact) mass is 197 g/mol. The minimum absolute atomic E-state index is 0.0932. The third-order valence-corrected chi connectivity index (χ3v) is 2.02. The molecule has 0 aliphatic rings. The van der Waals surface area contributed by atoms with E-state index in [-0.39, 0.29) is 12.5 Å². The molecule has 0 bridgehead atoms. The summed E-state index contributed by atoms with van der Waals surface area (Å²) in [4.78, 5) is 11.1. The number of amides is 1. The number of rotatable bonds is 4. The molecule has 1 aromatic rings. The van der Waals surface area contributed by atoms with Crippen molar-refractivity contribution in [3.63, 3.8) is 0 Å². The number of H-pyrrole nitrogens is 1. The van der Waals surface area contributed by atoms with E-state index in [1.54, 1.807) is 0 Å². The van der Waals surface area contributed by atoms with Crippen LogP contribution in [-0.2, 0) is 16.1 Å². The van der Waals surface area contributed by atoms with Gasteiger partial charge in [-0.2, -0.15) is 5.10 Å². The number of carbonyl (C=O) groups is 1. The molecule has 5 nitrogen and oxygen atoms in total. The molecular formula is C9H15N3O2. The van der Waals surface area contributed by atoms with Crippen LogP contribution in [0.5, 0.6) is 0 Å². The van der Waals surface area contributed by atoms with Crippen molar-refractivity contribution in [2.45, 2.75) is 20.4 Å². The van der Waals surface area contributed by atoms with E-state index in [1.807, 2.05) is 13.8 Å². The van der Waals surface area contributed by atoms with Crippen LogP contribution in [0, 0.1) is 13.8 Å². The first-order valence-corrected chi connectivity index (χ1v) is 4.41. The quantitative estimate of drug-likeness (QED) is 0.729. The van der Waals surface area contributed by atoms with E-state index in [2.05, 4.69) is 15.5 Å². The molecular weight excluding hydrogens is 182 g/mol. The van der Waals surface area contributed by atoms with Gasteiger partial charge in [0, 0.05) is 24.9 Å². The van der Waals surface area contributed by atoms with E-state index in [0.717, 1.165) is 17.0 Å². The van der Waals surface area contributed by atoms with E-state index in [0.29, 0.717) is 6.54 Å². The Kier molecular flexibility index (Phi) is 3.64. The van der Waals surface area contributed by atoms with Crippen LogP contribution >= 0.6 is 0 Å². The number of hydrogen-bond donors (Lipinski definition) is 2. The van der Waals surface area contributed by atoms with Gasteiger partial charge in [0.2, 0.25) is 5.91 Å². The zero-order chi connectivity index (χ0) is 10.6. The van der Waals surface area contributed by atoms with Crippen LogP contribution < -0.4 is 5.32 Å². The van der Waals surface area contributed by atoms with Crippen LogP contribution in [0.1, 0.15) is 17.0 Å². The maximum absolute atomic E-state index is 11.1. The first-order chi connectivity index (χ1) is 6.65. The number of aromatic amines is 1. The highest BCUT2D eigenvalue weighted by Crippen LogP contribution is 2.07. The van der Waals surface area contributed by atoms with Crippen molar-refractivity contribution < 1.29 is 9.53 Å². The van der Waals surface area contributed by atoms with Crippen LogP contribution in [0.2, 0.25) is 0 Å². The van der Waals surface area contributed by atoms with Crippen molar-refractivity contribution in [2.75, 3.05) is 13.7 Å². The van der Waals surface area contributed by atoms with Crippen molar-refractivity contribution in [3.05, 3.63) is 17.0 Å². The first kappa shape index (κ1) is 10.7. The molecule has 0 aliphatic carbocycles. The lowest BCUT2D eigenvalue weighted by molar-refractivity contribution is -0.124. The molecule has 1 aromatic heterocycles. The second-order valence-electron chi connectivity index (χ2n) is 3.12. The zero-order valence-electron chi connectivity index (χ0n) is 8.68. The summed E-state index contributed by atoms with van der Waals surface area (Å²) in [5.74, 6) is -0.118. The number of aryl methyl sites for hydroxylation is 2. The summed E-state index contributed by atoms with van der Waals surface area (Å²) in [5, 5.41) is 9.64. The molecule has 0 unspecified atom stereocenters. The van der Waals surface area contributed by atoms with Gasteiger partial charge in [0.1, 0.15) is 6.61 Å². The lowest BCUT2D eigenvalue weighted by Gasteiger charge is -2.04. The molecule has 0 aliphatic heterocycles. The minimum Gasteiger partial charge on any atom is -0.375 e. The number of nitrogens with one attached hydrogen (secondary N) is 2. The molecule has 0 saturated carbocycles. The number of ether oxygens (including phenoxy) is 1. The van der Waals surface area contributed by atoms with Gasteiger partial charge in [0.15, 0.2) is 0 Å². The minimum atomic E-state index is -0.118. The fourth-order valence-corrected chi connectivity index (χ4v) is 1.20. The van der Waals surface area contributed by atoms with Crippen molar-refractivity contribution in [2.24, 2.45) is 0 Å². The smallest absolute Gasteiger partial charge is 0.246 e. The van der Waals surface area contributed by atoms with Crippen molar-refractivity contribution >= 4 is 5.91 Å². The van der Waals surface area contributed by atoms with E-state index in [9.17, 15) is 4.79 Å². The lowest BCUT2D eigenvalue weighted by atomic mass is 10.2. The van der Waals surface area contributed by atoms with E-state index in [4.69, 9.17) is 4.74 Å². The molecule has 1 amide bonds. The van der Waals surface area contributed by atoms with Gasteiger partial charge in [-0.3, -0.25) is 9.89 Å². The van der Waals surface area contributed by atoms with Gasteiger partial charge in [-0.1, -0.05) is 0 Å².